The number of aryl methyl sites for hydroxylation is 2. The van der Waals surface area contributed by atoms with Crippen LogP contribution >= 0.6 is 0 Å². The molecular weight excluding hydrogens is 459 g/mol. The third-order valence-electron chi connectivity index (χ3n) is 5.30. The number of hydroxylamine groups is 1. The fourth-order valence-electron chi connectivity index (χ4n) is 3.49. The normalized spacial score (nSPS) is 11.9. The van der Waals surface area contributed by atoms with Gasteiger partial charge in [0.15, 0.2) is 0 Å². The molecule has 6 nitrogen and oxygen atoms in total. The number of nitrogens with two attached hydrogens (primary N) is 1. The van der Waals surface area contributed by atoms with Gasteiger partial charge in [0.25, 0.3) is 0 Å². The first-order chi connectivity index (χ1) is 16.5. The monoisotopic (exact) mass is 485 g/mol. The van der Waals surface area contributed by atoms with E-state index in [1.54, 1.807) is 0 Å². The minimum atomic E-state index is -4.57. The Labute approximate surface area is 201 Å². The maximum atomic E-state index is 13.6. The predicted octanol–water partition coefficient (Wildman–Crippen LogP) is 5.70. The Kier molecular flexibility index (Phi) is 7.71. The van der Waals surface area contributed by atoms with E-state index in [0.717, 1.165) is 17.2 Å². The zero-order chi connectivity index (χ0) is 25.8. The lowest BCUT2D eigenvalue weighted by Crippen LogP contribution is -2.13. The topological polar surface area (TPSA) is 101 Å². The van der Waals surface area contributed by atoms with Crippen LogP contribution in [-0.4, -0.2) is 18.1 Å². The van der Waals surface area contributed by atoms with Gasteiger partial charge in [-0.2, -0.15) is 18.7 Å². The summed E-state index contributed by atoms with van der Waals surface area (Å²) in [6, 6.07) is 14.4. The van der Waals surface area contributed by atoms with E-state index in [2.05, 4.69) is 5.48 Å². The maximum Gasteiger partial charge on any atom is 0.416 e. The lowest BCUT2D eigenvalue weighted by Gasteiger charge is -2.18. The van der Waals surface area contributed by atoms with Crippen LogP contribution in [0.5, 0.6) is 11.5 Å². The summed E-state index contributed by atoms with van der Waals surface area (Å²) < 4.78 is 46.7. The molecule has 5 N–H and O–H groups in total. The number of phenols is 1. The Morgan fingerprint density at radius 2 is 1.77 bits per heavy atom. The minimum absolute atomic E-state index is 0.0164. The smallest absolute Gasteiger partial charge is 0.416 e. The van der Waals surface area contributed by atoms with Gasteiger partial charge in [-0.1, -0.05) is 42.0 Å². The number of benzene rings is 3. The van der Waals surface area contributed by atoms with Crippen molar-refractivity contribution in [3.63, 3.8) is 0 Å². The summed E-state index contributed by atoms with van der Waals surface area (Å²) in [4.78, 5) is 4.82. The SMILES string of the molecule is CNOC(=N)/C=C(\N)c1ccc(OCc2ccc(C)cc2)c(-c2ccc(C)c(C(F)(F)F)c2)c1O. The van der Waals surface area contributed by atoms with Gasteiger partial charge in [-0.3, -0.25) is 5.41 Å². The number of aromatic hydroxyl groups is 1. The molecule has 3 aromatic carbocycles. The summed E-state index contributed by atoms with van der Waals surface area (Å²) in [5.41, 5.74) is 9.80. The summed E-state index contributed by atoms with van der Waals surface area (Å²) >= 11 is 0. The van der Waals surface area contributed by atoms with Gasteiger partial charge < -0.3 is 20.4 Å². The first-order valence-corrected chi connectivity index (χ1v) is 10.6. The molecule has 0 spiro atoms. The average molecular weight is 486 g/mol. The quantitative estimate of drug-likeness (QED) is 0.195. The fourth-order valence-corrected chi connectivity index (χ4v) is 3.49. The first kappa shape index (κ1) is 25.6. The van der Waals surface area contributed by atoms with E-state index in [1.165, 1.54) is 44.3 Å². The molecule has 0 fully saturated rings. The molecule has 3 rings (SSSR count). The van der Waals surface area contributed by atoms with Crippen LogP contribution in [0.25, 0.3) is 16.8 Å². The van der Waals surface area contributed by atoms with Crippen LogP contribution in [0, 0.1) is 19.3 Å². The second-order valence-corrected chi connectivity index (χ2v) is 7.91. The van der Waals surface area contributed by atoms with Crippen LogP contribution < -0.4 is 16.0 Å². The largest absolute Gasteiger partial charge is 0.506 e. The molecule has 0 aliphatic rings. The second-order valence-electron chi connectivity index (χ2n) is 7.91. The van der Waals surface area contributed by atoms with Crippen LogP contribution in [0.2, 0.25) is 0 Å². The molecule has 0 unspecified atom stereocenters. The van der Waals surface area contributed by atoms with Gasteiger partial charge in [0.05, 0.1) is 11.1 Å². The van der Waals surface area contributed by atoms with Crippen molar-refractivity contribution >= 4 is 11.6 Å². The summed E-state index contributed by atoms with van der Waals surface area (Å²) in [6.07, 6.45) is -3.41. The Bertz CT molecular complexity index is 1250. The lowest BCUT2D eigenvalue weighted by atomic mass is 9.95. The molecule has 0 saturated heterocycles. The van der Waals surface area contributed by atoms with Crippen LogP contribution in [0.3, 0.4) is 0 Å². The lowest BCUT2D eigenvalue weighted by molar-refractivity contribution is -0.138. The Hall–Kier alpha value is -3.98. The number of ether oxygens (including phenoxy) is 1. The van der Waals surface area contributed by atoms with Crippen molar-refractivity contribution in [3.8, 4) is 22.6 Å². The molecule has 0 aromatic heterocycles. The molecule has 0 aliphatic heterocycles. The predicted molar refractivity (Wildman–Crippen MR) is 129 cm³/mol. The molecule has 0 saturated carbocycles. The number of hydrogen-bond acceptors (Lipinski definition) is 6. The molecule has 3 aromatic rings. The third-order valence-corrected chi connectivity index (χ3v) is 5.30. The van der Waals surface area contributed by atoms with Crippen LogP contribution in [0.1, 0.15) is 27.8 Å². The van der Waals surface area contributed by atoms with E-state index < -0.39 is 11.7 Å². The maximum absolute atomic E-state index is 13.6. The van der Waals surface area contributed by atoms with E-state index in [9.17, 15) is 18.3 Å². The molecule has 0 aliphatic carbocycles. The number of halogens is 3. The number of rotatable bonds is 7. The highest BCUT2D eigenvalue weighted by Gasteiger charge is 2.33. The van der Waals surface area contributed by atoms with Crippen molar-refractivity contribution in [3.05, 3.63) is 88.5 Å². The molecule has 35 heavy (non-hydrogen) atoms. The summed E-state index contributed by atoms with van der Waals surface area (Å²) in [5.74, 6) is -0.520. The van der Waals surface area contributed by atoms with Gasteiger partial charge in [-0.25, -0.2) is 0 Å². The van der Waals surface area contributed by atoms with Crippen molar-refractivity contribution in [2.24, 2.45) is 5.73 Å². The summed E-state index contributed by atoms with van der Waals surface area (Å²) in [7, 11) is 1.46. The van der Waals surface area contributed by atoms with E-state index in [4.69, 9.17) is 20.7 Å². The highest BCUT2D eigenvalue weighted by Crippen LogP contribution is 2.44. The molecule has 0 bridgehead atoms. The molecule has 9 heteroatoms. The number of phenolic OH excluding ortho intramolecular Hbond substituents is 1. The molecule has 0 atom stereocenters. The highest BCUT2D eigenvalue weighted by molar-refractivity contribution is 5.94. The van der Waals surface area contributed by atoms with Crippen LogP contribution in [-0.2, 0) is 17.6 Å². The van der Waals surface area contributed by atoms with Crippen molar-refractivity contribution in [1.82, 2.24) is 5.48 Å². The van der Waals surface area contributed by atoms with Crippen molar-refractivity contribution < 1.29 is 27.9 Å². The van der Waals surface area contributed by atoms with Crippen molar-refractivity contribution in [2.45, 2.75) is 26.6 Å². The summed E-state index contributed by atoms with van der Waals surface area (Å²) in [6.45, 7) is 3.45. The fraction of sp³-hybridized carbons (Fsp3) is 0.192. The van der Waals surface area contributed by atoms with E-state index >= 15 is 0 Å². The number of alkyl halides is 3. The van der Waals surface area contributed by atoms with Gasteiger partial charge >= 0.3 is 6.18 Å². The van der Waals surface area contributed by atoms with Crippen molar-refractivity contribution in [1.29, 1.82) is 5.41 Å². The van der Waals surface area contributed by atoms with Crippen molar-refractivity contribution in [2.75, 3.05) is 7.05 Å². The van der Waals surface area contributed by atoms with Crippen LogP contribution in [0.15, 0.2) is 60.7 Å². The zero-order valence-electron chi connectivity index (χ0n) is 19.5. The first-order valence-electron chi connectivity index (χ1n) is 10.6. The molecular formula is C26H26F3N3O3. The molecule has 0 radical (unpaired) electrons. The molecule has 0 heterocycles. The van der Waals surface area contributed by atoms with Gasteiger partial charge in [0.1, 0.15) is 18.1 Å². The molecule has 0 amide bonds. The van der Waals surface area contributed by atoms with Gasteiger partial charge in [-0.15, -0.1) is 0 Å². The third kappa shape index (κ3) is 6.13. The molecule has 184 valence electrons. The Morgan fingerprint density at radius 3 is 2.40 bits per heavy atom. The standard InChI is InChI=1S/C26H26F3N3O3/c1-15-4-7-17(8-5-15)14-34-22-11-10-19(21(30)13-23(31)35-32-3)25(33)24(22)18-9-6-16(2)20(12-18)26(27,28)29/h4-13,31-33H,14,30H2,1-3H3/b21-13-,31-23?. The van der Waals surface area contributed by atoms with E-state index in [1.807, 2.05) is 31.2 Å². The van der Waals surface area contributed by atoms with E-state index in [0.29, 0.717) is 0 Å². The number of hydrogen-bond donors (Lipinski definition) is 4. The zero-order valence-corrected chi connectivity index (χ0v) is 19.5. The Balaban J connectivity index is 2.13. The van der Waals surface area contributed by atoms with E-state index in [-0.39, 0.29) is 52.0 Å². The second kappa shape index (κ2) is 10.5. The van der Waals surface area contributed by atoms with Crippen LogP contribution in [0.4, 0.5) is 13.2 Å². The highest BCUT2D eigenvalue weighted by atomic mass is 19.4. The Morgan fingerprint density at radius 1 is 1.09 bits per heavy atom. The van der Waals surface area contributed by atoms with Gasteiger partial charge in [0.2, 0.25) is 5.90 Å². The summed E-state index contributed by atoms with van der Waals surface area (Å²) in [5, 5.41) is 18.8. The minimum Gasteiger partial charge on any atom is -0.506 e. The van der Waals surface area contributed by atoms with Gasteiger partial charge in [0, 0.05) is 24.4 Å². The average Bonchev–Trinajstić information content (AvgIpc) is 2.78. The number of nitrogens with one attached hydrogen (secondary N) is 2. The van der Waals surface area contributed by atoms with Gasteiger partial charge in [-0.05, 0) is 48.7 Å².